The van der Waals surface area contributed by atoms with Crippen molar-refractivity contribution < 1.29 is 32.2 Å². The Morgan fingerprint density at radius 2 is 1.76 bits per heavy atom. The molecule has 0 radical (unpaired) electrons. The molecular formula is C29H41Cl2N3O7S. The van der Waals surface area contributed by atoms with Gasteiger partial charge in [-0.05, 0) is 41.8 Å². The molecule has 13 heteroatoms. The first-order valence-electron chi connectivity index (χ1n) is 13.8. The number of benzene rings is 2. The maximum Gasteiger partial charge on any atom is 0.229 e. The monoisotopic (exact) mass is 645 g/mol. The number of methoxy groups -OCH3 is 1. The highest BCUT2D eigenvalue weighted by Gasteiger charge is 2.29. The van der Waals surface area contributed by atoms with E-state index in [1.54, 1.807) is 55.5 Å². The van der Waals surface area contributed by atoms with Crippen LogP contribution in [0.5, 0.6) is 0 Å². The van der Waals surface area contributed by atoms with Crippen LogP contribution in [0.3, 0.4) is 0 Å². The molecule has 42 heavy (non-hydrogen) atoms. The third kappa shape index (κ3) is 12.0. The van der Waals surface area contributed by atoms with Crippen LogP contribution in [-0.2, 0) is 40.2 Å². The summed E-state index contributed by atoms with van der Waals surface area (Å²) in [5, 5.41) is 0.822. The molecule has 234 valence electrons. The molecule has 0 bridgehead atoms. The van der Waals surface area contributed by atoms with Crippen molar-refractivity contribution in [2.45, 2.75) is 25.0 Å². The summed E-state index contributed by atoms with van der Waals surface area (Å²) >= 11 is 12.2. The Labute approximate surface area is 259 Å². The van der Waals surface area contributed by atoms with Gasteiger partial charge >= 0.3 is 0 Å². The second-order valence-corrected chi connectivity index (χ2v) is 12.8. The van der Waals surface area contributed by atoms with Crippen molar-refractivity contribution in [1.82, 2.24) is 9.80 Å². The smallest absolute Gasteiger partial charge is 0.229 e. The van der Waals surface area contributed by atoms with Gasteiger partial charge in [-0.3, -0.25) is 14.4 Å². The van der Waals surface area contributed by atoms with Crippen molar-refractivity contribution >= 4 is 44.8 Å². The summed E-state index contributed by atoms with van der Waals surface area (Å²) in [4.78, 5) is 17.4. The summed E-state index contributed by atoms with van der Waals surface area (Å²) in [5.41, 5.74) is 2.02. The summed E-state index contributed by atoms with van der Waals surface area (Å²) in [7, 11) is -0.0574. The molecule has 1 fully saturated rings. The number of carbonyl (C=O) groups is 1. The minimum absolute atomic E-state index is 0.0580. The van der Waals surface area contributed by atoms with E-state index >= 15 is 0 Å². The fourth-order valence-electron chi connectivity index (χ4n) is 4.68. The largest absolute Gasteiger partial charge is 0.382 e. The Bertz CT molecular complexity index is 1250. The van der Waals surface area contributed by atoms with Crippen molar-refractivity contribution in [3.63, 3.8) is 0 Å². The van der Waals surface area contributed by atoms with Gasteiger partial charge in [-0.25, -0.2) is 8.42 Å². The van der Waals surface area contributed by atoms with Gasteiger partial charge < -0.3 is 23.8 Å². The van der Waals surface area contributed by atoms with Crippen LogP contribution in [0.2, 0.25) is 10.0 Å². The van der Waals surface area contributed by atoms with Crippen LogP contribution in [0.25, 0.3) is 0 Å². The minimum Gasteiger partial charge on any atom is -0.382 e. The van der Waals surface area contributed by atoms with E-state index in [0.29, 0.717) is 68.5 Å². The van der Waals surface area contributed by atoms with E-state index in [1.807, 2.05) is 6.07 Å². The van der Waals surface area contributed by atoms with Crippen molar-refractivity contribution in [3.8, 4) is 0 Å². The maximum absolute atomic E-state index is 13.4. The van der Waals surface area contributed by atoms with Gasteiger partial charge in [0.05, 0.1) is 74.5 Å². The van der Waals surface area contributed by atoms with E-state index in [4.69, 9.17) is 42.1 Å². The number of nitrogens with one attached hydrogen (secondary N) is 1. The lowest BCUT2D eigenvalue weighted by Gasteiger charge is -2.32. The van der Waals surface area contributed by atoms with Crippen LogP contribution >= 0.6 is 23.2 Å². The van der Waals surface area contributed by atoms with Gasteiger partial charge in [0.1, 0.15) is 0 Å². The van der Waals surface area contributed by atoms with Crippen LogP contribution in [0.1, 0.15) is 23.6 Å². The highest BCUT2D eigenvalue weighted by Crippen LogP contribution is 2.28. The van der Waals surface area contributed by atoms with Crippen LogP contribution in [0, 0.1) is 0 Å². The zero-order chi connectivity index (χ0) is 30.5. The molecule has 3 rings (SSSR count). The highest BCUT2D eigenvalue weighted by molar-refractivity contribution is 7.92. The molecule has 1 amide bonds. The first-order chi connectivity index (χ1) is 20.1. The number of likely N-dealkylation sites (tertiary alicyclic amines) is 1. The molecule has 2 unspecified atom stereocenters. The van der Waals surface area contributed by atoms with Gasteiger partial charge in [0.15, 0.2) is 0 Å². The van der Waals surface area contributed by atoms with Crippen molar-refractivity contribution in [2.75, 3.05) is 84.4 Å². The number of halogens is 2. The number of carbonyl (C=O) groups excluding carboxylic acids is 1. The maximum atomic E-state index is 13.4. The summed E-state index contributed by atoms with van der Waals surface area (Å²) in [6.45, 7) is 5.18. The molecule has 2 aromatic rings. The molecule has 10 nitrogen and oxygen atoms in total. The molecule has 1 N–H and O–H groups in total. The van der Waals surface area contributed by atoms with Crippen LogP contribution in [0.15, 0.2) is 42.5 Å². The predicted octanol–water partition coefficient (Wildman–Crippen LogP) is 3.88. The first-order valence-corrected chi connectivity index (χ1v) is 16.5. The topological polar surface area (TPSA) is 107 Å². The summed E-state index contributed by atoms with van der Waals surface area (Å²) < 4.78 is 48.2. The number of ether oxygens (including phenoxy) is 4. The number of amides is 1. The lowest BCUT2D eigenvalue weighted by molar-refractivity contribution is -0.131. The van der Waals surface area contributed by atoms with Crippen molar-refractivity contribution in [3.05, 3.63) is 63.6 Å². The standard InChI is InChI=1S/C29H41Cl2N3O7S/c1-33(29(35)18-22-7-8-26(30)27(31)17-22)28(23-5-4-6-24(19-23)32-42(3,36)37)21-34-10-9-25(20-34)41-16-15-40-14-13-39-12-11-38-2/h4-8,17,19,25,28,32H,9-16,18,20-21H2,1-3H3. The van der Waals surface area contributed by atoms with E-state index in [0.717, 1.165) is 30.3 Å². The van der Waals surface area contributed by atoms with E-state index in [9.17, 15) is 13.2 Å². The van der Waals surface area contributed by atoms with Crippen molar-refractivity contribution in [1.29, 1.82) is 0 Å². The van der Waals surface area contributed by atoms with Crippen LogP contribution < -0.4 is 4.72 Å². The normalized spacial score (nSPS) is 16.5. The number of sulfonamides is 1. The molecule has 2 atom stereocenters. The molecule has 0 aromatic heterocycles. The van der Waals surface area contributed by atoms with Crippen LogP contribution in [-0.4, -0.2) is 110 Å². The van der Waals surface area contributed by atoms with Gasteiger partial charge in [0, 0.05) is 39.5 Å². The van der Waals surface area contributed by atoms with Gasteiger partial charge in [0.25, 0.3) is 0 Å². The van der Waals surface area contributed by atoms with Gasteiger partial charge in [-0.15, -0.1) is 0 Å². The average molecular weight is 647 g/mol. The second-order valence-electron chi connectivity index (χ2n) is 10.2. The summed E-state index contributed by atoms with van der Waals surface area (Å²) in [6.07, 6.45) is 2.18. The third-order valence-corrected chi connectivity index (χ3v) is 8.17. The Hall–Kier alpha value is -1.96. The molecule has 1 heterocycles. The minimum atomic E-state index is -3.46. The fourth-order valence-corrected chi connectivity index (χ4v) is 5.56. The zero-order valence-corrected chi connectivity index (χ0v) is 26.7. The third-order valence-electron chi connectivity index (χ3n) is 6.82. The molecule has 1 aliphatic heterocycles. The van der Waals surface area contributed by atoms with E-state index in [2.05, 4.69) is 9.62 Å². The Morgan fingerprint density at radius 1 is 1.05 bits per heavy atom. The van der Waals surface area contributed by atoms with Gasteiger partial charge in [0.2, 0.25) is 15.9 Å². The Kier molecular flexibility index (Phi) is 14.3. The van der Waals surface area contributed by atoms with E-state index in [1.165, 1.54) is 0 Å². The number of nitrogens with zero attached hydrogens (tertiary/aromatic N) is 2. The van der Waals surface area contributed by atoms with Crippen molar-refractivity contribution in [2.24, 2.45) is 0 Å². The molecule has 0 aliphatic carbocycles. The first kappa shape index (κ1) is 34.5. The molecule has 2 aromatic carbocycles. The average Bonchev–Trinajstić information content (AvgIpc) is 3.39. The van der Waals surface area contributed by atoms with Gasteiger partial charge in [-0.1, -0.05) is 41.4 Å². The van der Waals surface area contributed by atoms with E-state index in [-0.39, 0.29) is 24.5 Å². The lowest BCUT2D eigenvalue weighted by Crippen LogP contribution is -2.39. The zero-order valence-electron chi connectivity index (χ0n) is 24.4. The Morgan fingerprint density at radius 3 is 2.45 bits per heavy atom. The SMILES string of the molecule is COCCOCCOCCOC1CCN(CC(c2cccc(NS(C)(=O)=O)c2)N(C)C(=O)Cc2ccc(Cl)c(Cl)c2)C1. The molecular weight excluding hydrogens is 605 g/mol. The Balaban J connectivity index is 1.61. The lowest BCUT2D eigenvalue weighted by atomic mass is 10.0. The molecule has 0 saturated carbocycles. The fraction of sp³-hybridized carbons (Fsp3) is 0.552. The van der Waals surface area contributed by atoms with Crippen LogP contribution in [0.4, 0.5) is 5.69 Å². The predicted molar refractivity (Wildman–Crippen MR) is 165 cm³/mol. The molecule has 1 saturated heterocycles. The number of anilines is 1. The van der Waals surface area contributed by atoms with E-state index < -0.39 is 10.0 Å². The molecule has 1 aliphatic rings. The van der Waals surface area contributed by atoms with Gasteiger partial charge in [-0.2, -0.15) is 0 Å². The summed E-state index contributed by atoms with van der Waals surface area (Å²) in [6, 6.07) is 12.0. The number of hydrogen-bond acceptors (Lipinski definition) is 8. The number of likely N-dealkylation sites (N-methyl/N-ethyl adjacent to an activating group) is 1. The quantitative estimate of drug-likeness (QED) is 0.244. The highest BCUT2D eigenvalue weighted by atomic mass is 35.5. The number of hydrogen-bond donors (Lipinski definition) is 1. The molecule has 0 spiro atoms. The second kappa shape index (κ2) is 17.4. The number of rotatable bonds is 18. The summed E-state index contributed by atoms with van der Waals surface area (Å²) in [5.74, 6) is -0.102.